The van der Waals surface area contributed by atoms with Crippen LogP contribution in [0.5, 0.6) is 0 Å². The molecule has 0 saturated carbocycles. The van der Waals surface area contributed by atoms with Gasteiger partial charge in [0.05, 0.1) is 11.2 Å². The van der Waals surface area contributed by atoms with Crippen molar-refractivity contribution >= 4 is 111 Å². The molecule has 0 saturated heterocycles. The van der Waals surface area contributed by atoms with Gasteiger partial charge in [-0.2, -0.15) is 0 Å². The minimum absolute atomic E-state index is 0.126. The molecule has 16 aromatic rings. The summed E-state index contributed by atoms with van der Waals surface area (Å²) >= 11 is 0. The van der Waals surface area contributed by atoms with Crippen molar-refractivity contribution < 1.29 is 0 Å². The number of aromatic nitrogens is 2. The van der Waals surface area contributed by atoms with E-state index in [1.54, 1.807) is 0 Å². The molecule has 0 atom stereocenters. The van der Waals surface area contributed by atoms with Crippen molar-refractivity contribution in [3.05, 3.63) is 321 Å². The first-order valence-corrected chi connectivity index (χ1v) is 34.0. The molecular weight excluding hydrogens is 1170 g/mol. The molecule has 0 amide bonds. The zero-order valence-corrected chi connectivity index (χ0v) is 55.3. The van der Waals surface area contributed by atoms with E-state index in [-0.39, 0.29) is 17.5 Å². The van der Waals surface area contributed by atoms with E-state index in [9.17, 15) is 0 Å². The highest BCUT2D eigenvalue weighted by molar-refractivity contribution is 7.00. The third kappa shape index (κ3) is 9.98. The summed E-state index contributed by atoms with van der Waals surface area (Å²) in [5.74, 6) is 0.696. The van der Waals surface area contributed by atoms with Crippen LogP contribution in [0.4, 0.5) is 34.1 Å². The Morgan fingerprint density at radius 2 is 0.649 bits per heavy atom. The van der Waals surface area contributed by atoms with Crippen molar-refractivity contribution in [3.8, 4) is 67.2 Å². The third-order valence-corrected chi connectivity index (χ3v) is 20.4. The predicted octanol–water partition coefficient (Wildman–Crippen LogP) is 22.9. The lowest BCUT2D eigenvalue weighted by Crippen LogP contribution is -2.61. The first kappa shape index (κ1) is 58.0. The Kier molecular flexibility index (Phi) is 13.4. The van der Waals surface area contributed by atoms with E-state index in [1.807, 2.05) is 0 Å². The molecule has 1 aromatic heterocycles. The first-order chi connectivity index (χ1) is 47.3. The molecule has 15 aromatic carbocycles. The molecule has 0 N–H and O–H groups in total. The molecule has 460 valence electrons. The van der Waals surface area contributed by atoms with Crippen molar-refractivity contribution in [3.63, 3.8) is 0 Å². The second-order valence-corrected chi connectivity index (χ2v) is 28.6. The zero-order chi connectivity index (χ0) is 65.3. The number of nitrogens with zero attached hydrogens (tertiary/aromatic N) is 4. The SMILES string of the molecule is CC(C)(C)c1cc(-c2nc(-c3cc4c5c(c3)N(c3cc(-c6ccccc6)cc(-c6ccccc6)c3)c3cc6c(ccc7ccccc76)cc3B5c3cc5ccc6ccccc6c5cc3N4c3cc(-c4ccccc4)cc(-c4ccccc4)c3)c3ccccc3n2)cc(C(C)(C)C)c1. The maximum absolute atomic E-state index is 5.95. The normalized spacial score (nSPS) is 12.8. The summed E-state index contributed by atoms with van der Waals surface area (Å²) in [5, 5.41) is 10.6. The smallest absolute Gasteiger partial charge is 0.252 e. The van der Waals surface area contributed by atoms with Gasteiger partial charge in [0.25, 0.3) is 6.71 Å². The molecule has 97 heavy (non-hydrogen) atoms. The minimum Gasteiger partial charge on any atom is -0.311 e. The molecular formula is C92H69BN4. The Morgan fingerprint density at radius 1 is 0.268 bits per heavy atom. The van der Waals surface area contributed by atoms with Crippen LogP contribution in [-0.2, 0) is 10.8 Å². The first-order valence-electron chi connectivity index (χ1n) is 34.0. The molecule has 4 nitrogen and oxygen atoms in total. The summed E-state index contributed by atoms with van der Waals surface area (Å²) in [5.41, 5.74) is 25.3. The number of hydrogen-bond donors (Lipinski definition) is 0. The highest BCUT2D eigenvalue weighted by Gasteiger charge is 2.45. The van der Waals surface area contributed by atoms with Gasteiger partial charge in [-0.15, -0.1) is 0 Å². The van der Waals surface area contributed by atoms with E-state index in [0.29, 0.717) is 5.82 Å². The maximum atomic E-state index is 5.95. The van der Waals surface area contributed by atoms with Gasteiger partial charge in [-0.25, -0.2) is 9.97 Å². The van der Waals surface area contributed by atoms with E-state index < -0.39 is 0 Å². The fraction of sp³-hybridized carbons (Fsp3) is 0.0870. The average Bonchev–Trinajstić information content (AvgIpc) is 0.688. The minimum atomic E-state index is -0.228. The number of para-hydroxylation sites is 1. The lowest BCUT2D eigenvalue weighted by molar-refractivity contribution is 0.569. The third-order valence-electron chi connectivity index (χ3n) is 20.4. The second-order valence-electron chi connectivity index (χ2n) is 28.6. The standard InChI is InChI=1S/C92H69BN4/c1-91(2,3)72-45-71(46-73(55-72)92(4,5)6)90-94-83-38-24-23-37-78(83)89(95-90)70-53-86-88-87(54-70)97(75-49-68(60-29-15-9-16-30-60)44-69(50-75)61-31-17-10-18-32-61)85-57-80-65(42-40-63-34-20-22-36-77(63)80)52-82(85)93(88)81-51-64-41-39-62-33-19-21-35-76(62)79(64)56-84(81)96(86)74-47-66(58-25-11-7-12-26-58)43-67(48-74)59-27-13-8-14-28-59/h7-57H,1-6H3. The molecule has 0 spiro atoms. The molecule has 3 heterocycles. The molecule has 2 aliphatic rings. The van der Waals surface area contributed by atoms with Crippen molar-refractivity contribution in [1.82, 2.24) is 9.97 Å². The summed E-state index contributed by atoms with van der Waals surface area (Å²) in [6.07, 6.45) is 0. The lowest BCUT2D eigenvalue weighted by Gasteiger charge is -2.45. The van der Waals surface area contributed by atoms with Crippen LogP contribution in [0.15, 0.2) is 309 Å². The molecule has 0 unspecified atom stereocenters. The Morgan fingerprint density at radius 3 is 1.07 bits per heavy atom. The van der Waals surface area contributed by atoms with Crippen LogP contribution in [0.25, 0.3) is 121 Å². The van der Waals surface area contributed by atoms with Gasteiger partial charge in [-0.1, -0.05) is 272 Å². The van der Waals surface area contributed by atoms with Crippen molar-refractivity contribution in [2.24, 2.45) is 0 Å². The van der Waals surface area contributed by atoms with Gasteiger partial charge >= 0.3 is 0 Å². The highest BCUT2D eigenvalue weighted by atomic mass is 15.2. The van der Waals surface area contributed by atoms with Crippen molar-refractivity contribution in [2.75, 3.05) is 9.80 Å². The van der Waals surface area contributed by atoms with E-state index in [2.05, 4.69) is 361 Å². The fourth-order valence-electron chi connectivity index (χ4n) is 15.4. The molecule has 5 heteroatoms. The molecule has 0 bridgehead atoms. The van der Waals surface area contributed by atoms with Crippen LogP contribution < -0.4 is 26.2 Å². The van der Waals surface area contributed by atoms with Gasteiger partial charge in [0.1, 0.15) is 0 Å². The van der Waals surface area contributed by atoms with Crippen LogP contribution in [0.1, 0.15) is 52.7 Å². The molecule has 2 aliphatic heterocycles. The monoisotopic (exact) mass is 1240 g/mol. The summed E-state index contributed by atoms with van der Waals surface area (Å²) in [6.45, 7) is 13.6. The summed E-state index contributed by atoms with van der Waals surface area (Å²) < 4.78 is 0. The highest BCUT2D eigenvalue weighted by Crippen LogP contribution is 2.51. The van der Waals surface area contributed by atoms with Crippen LogP contribution in [0, 0.1) is 0 Å². The topological polar surface area (TPSA) is 32.3 Å². The number of fused-ring (bicyclic) bond motifs is 11. The number of benzene rings is 15. The van der Waals surface area contributed by atoms with Gasteiger partial charge < -0.3 is 9.80 Å². The van der Waals surface area contributed by atoms with Crippen LogP contribution in [-0.4, -0.2) is 16.7 Å². The van der Waals surface area contributed by atoms with E-state index in [0.717, 1.165) is 106 Å². The van der Waals surface area contributed by atoms with Gasteiger partial charge in [0.15, 0.2) is 5.82 Å². The van der Waals surface area contributed by atoms with Crippen LogP contribution >= 0.6 is 0 Å². The van der Waals surface area contributed by atoms with Gasteiger partial charge in [0.2, 0.25) is 0 Å². The quantitative estimate of drug-likeness (QED) is 0.112. The van der Waals surface area contributed by atoms with E-state index in [1.165, 1.54) is 70.6 Å². The summed E-state index contributed by atoms with van der Waals surface area (Å²) in [4.78, 5) is 16.7. The van der Waals surface area contributed by atoms with Crippen molar-refractivity contribution in [2.45, 2.75) is 52.4 Å². The molecule has 0 radical (unpaired) electrons. The lowest BCUT2D eigenvalue weighted by atomic mass is 9.33. The van der Waals surface area contributed by atoms with Gasteiger partial charge in [0, 0.05) is 50.6 Å². The number of rotatable bonds is 8. The molecule has 0 fully saturated rings. The zero-order valence-electron chi connectivity index (χ0n) is 55.3. The Hall–Kier alpha value is -11.7. The molecule has 18 rings (SSSR count). The largest absolute Gasteiger partial charge is 0.311 e. The van der Waals surface area contributed by atoms with Crippen LogP contribution in [0.3, 0.4) is 0 Å². The summed E-state index contributed by atoms with van der Waals surface area (Å²) in [6, 6.07) is 116. The number of hydrogen-bond acceptors (Lipinski definition) is 4. The van der Waals surface area contributed by atoms with E-state index >= 15 is 0 Å². The predicted molar refractivity (Wildman–Crippen MR) is 414 cm³/mol. The summed E-state index contributed by atoms with van der Waals surface area (Å²) in [7, 11) is 0. The van der Waals surface area contributed by atoms with Gasteiger partial charge in [-0.05, 0) is 205 Å². The van der Waals surface area contributed by atoms with Crippen LogP contribution in [0.2, 0.25) is 0 Å². The fourth-order valence-corrected chi connectivity index (χ4v) is 15.4. The Balaban J connectivity index is 1.02. The number of anilines is 6. The van der Waals surface area contributed by atoms with Gasteiger partial charge in [-0.3, -0.25) is 0 Å². The van der Waals surface area contributed by atoms with E-state index in [4.69, 9.17) is 9.97 Å². The maximum Gasteiger partial charge on any atom is 0.252 e. The Labute approximate surface area is 567 Å². The Bertz CT molecular complexity index is 5420. The average molecular weight is 1240 g/mol. The van der Waals surface area contributed by atoms with Crippen molar-refractivity contribution in [1.29, 1.82) is 0 Å². The second kappa shape index (κ2) is 22.5. The molecule has 0 aliphatic carbocycles.